The van der Waals surface area contributed by atoms with Crippen LogP contribution in [0.15, 0.2) is 88.8 Å². The Morgan fingerprint density at radius 1 is 0.930 bits per heavy atom. The van der Waals surface area contributed by atoms with Gasteiger partial charge in [-0.15, -0.1) is 0 Å². The Morgan fingerprint density at radius 2 is 1.74 bits per heavy atom. The molecule has 1 aliphatic carbocycles. The molecule has 8 heteroatoms. The van der Waals surface area contributed by atoms with Crippen LogP contribution in [0.5, 0.6) is 11.5 Å². The third-order valence-corrected chi connectivity index (χ3v) is 9.11. The molecule has 2 atom stereocenters. The summed E-state index contributed by atoms with van der Waals surface area (Å²) in [5.74, 6) is 1.85. The van der Waals surface area contributed by atoms with Crippen LogP contribution in [0.3, 0.4) is 0 Å². The number of ether oxygens (including phenoxy) is 2. The first-order valence-corrected chi connectivity index (χ1v) is 14.8. The van der Waals surface area contributed by atoms with Crippen molar-refractivity contribution in [1.29, 1.82) is 0 Å². The predicted octanol–water partition coefficient (Wildman–Crippen LogP) is 5.24. The number of nitrogens with zero attached hydrogens (tertiary/aromatic N) is 5. The molecule has 1 amide bonds. The minimum Gasteiger partial charge on any atom is -0.497 e. The van der Waals surface area contributed by atoms with Crippen molar-refractivity contribution in [2.75, 3.05) is 27.8 Å². The summed E-state index contributed by atoms with van der Waals surface area (Å²) in [7, 11) is 5.53. The number of aliphatic imine (C=N–C) groups is 2. The van der Waals surface area contributed by atoms with E-state index in [4.69, 9.17) is 19.5 Å². The lowest BCUT2D eigenvalue weighted by Crippen LogP contribution is -2.54. The Bertz CT molecular complexity index is 1730. The maximum atomic E-state index is 13.2. The molecule has 3 aromatic carbocycles. The van der Waals surface area contributed by atoms with Crippen molar-refractivity contribution in [2.24, 2.45) is 15.9 Å². The topological polar surface area (TPSA) is 79.6 Å². The van der Waals surface area contributed by atoms with E-state index in [1.165, 1.54) is 0 Å². The molecule has 8 nitrogen and oxygen atoms in total. The number of fused-ring (bicyclic) bond motifs is 2. The number of methoxy groups -OCH3 is 2. The van der Waals surface area contributed by atoms with E-state index in [0.717, 1.165) is 69.9 Å². The monoisotopic (exact) mass is 573 g/mol. The molecule has 0 radical (unpaired) electrons. The van der Waals surface area contributed by atoms with Gasteiger partial charge in [0.25, 0.3) is 5.91 Å². The van der Waals surface area contributed by atoms with Crippen LogP contribution in [0.4, 0.5) is 0 Å². The van der Waals surface area contributed by atoms with Crippen molar-refractivity contribution < 1.29 is 14.3 Å². The Balaban J connectivity index is 1.12. The molecule has 43 heavy (non-hydrogen) atoms. The summed E-state index contributed by atoms with van der Waals surface area (Å²) in [5, 5.41) is 1.06. The largest absolute Gasteiger partial charge is 0.497 e. The van der Waals surface area contributed by atoms with Gasteiger partial charge in [0.2, 0.25) is 0 Å². The SMILES string of the molecule is COc1ccc(CN(C)C2CC(C3N=C(c4ccc5ccc(-c6ccccc6)nc5c4)C4C(=O)N=CCN43)C2)c(OC)c1. The van der Waals surface area contributed by atoms with Crippen LogP contribution in [0.2, 0.25) is 0 Å². The van der Waals surface area contributed by atoms with Gasteiger partial charge in [0.05, 0.1) is 31.1 Å². The Hall–Kier alpha value is -4.40. The van der Waals surface area contributed by atoms with Crippen LogP contribution in [-0.4, -0.2) is 78.7 Å². The number of hydrogen-bond acceptors (Lipinski definition) is 7. The zero-order chi connectivity index (χ0) is 29.5. The van der Waals surface area contributed by atoms with Crippen LogP contribution in [0.25, 0.3) is 22.2 Å². The van der Waals surface area contributed by atoms with Gasteiger partial charge in [-0.1, -0.05) is 54.6 Å². The second-order valence-electron chi connectivity index (χ2n) is 11.6. The van der Waals surface area contributed by atoms with Crippen LogP contribution in [0.1, 0.15) is 24.0 Å². The van der Waals surface area contributed by atoms with Crippen molar-refractivity contribution in [3.05, 3.63) is 90.0 Å². The van der Waals surface area contributed by atoms with Gasteiger partial charge in [0.15, 0.2) is 0 Å². The van der Waals surface area contributed by atoms with Gasteiger partial charge >= 0.3 is 0 Å². The molecule has 1 aromatic heterocycles. The molecular weight excluding hydrogens is 538 g/mol. The predicted molar refractivity (Wildman–Crippen MR) is 169 cm³/mol. The smallest absolute Gasteiger partial charge is 0.269 e. The second-order valence-corrected chi connectivity index (χ2v) is 11.6. The highest BCUT2D eigenvalue weighted by Crippen LogP contribution is 2.41. The molecule has 1 saturated carbocycles. The van der Waals surface area contributed by atoms with E-state index < -0.39 is 6.04 Å². The van der Waals surface area contributed by atoms with Gasteiger partial charge in [-0.25, -0.2) is 9.98 Å². The second kappa shape index (κ2) is 11.4. The average molecular weight is 574 g/mol. The molecule has 0 N–H and O–H groups in total. The summed E-state index contributed by atoms with van der Waals surface area (Å²) in [6, 6.07) is 26.5. The molecule has 0 saturated heterocycles. The number of aromatic nitrogens is 1. The van der Waals surface area contributed by atoms with Crippen LogP contribution < -0.4 is 9.47 Å². The van der Waals surface area contributed by atoms with Gasteiger partial charge in [-0.05, 0) is 49.6 Å². The fourth-order valence-corrected chi connectivity index (χ4v) is 6.63. The number of amides is 1. The number of carbonyl (C=O) groups excluding carboxylic acids is 1. The van der Waals surface area contributed by atoms with Crippen LogP contribution in [0, 0.1) is 5.92 Å². The molecule has 2 unspecified atom stereocenters. The zero-order valence-electron chi connectivity index (χ0n) is 24.7. The fourth-order valence-electron chi connectivity index (χ4n) is 6.63. The van der Waals surface area contributed by atoms with Crippen molar-refractivity contribution in [2.45, 2.75) is 37.6 Å². The van der Waals surface area contributed by atoms with Crippen molar-refractivity contribution in [1.82, 2.24) is 14.8 Å². The van der Waals surface area contributed by atoms with Crippen LogP contribution in [-0.2, 0) is 11.3 Å². The lowest BCUT2D eigenvalue weighted by molar-refractivity contribution is -0.121. The van der Waals surface area contributed by atoms with E-state index in [9.17, 15) is 4.79 Å². The average Bonchev–Trinajstić information content (AvgIpc) is 3.41. The molecule has 3 heterocycles. The first-order chi connectivity index (χ1) is 21.0. The summed E-state index contributed by atoms with van der Waals surface area (Å²) < 4.78 is 11.0. The third-order valence-electron chi connectivity index (χ3n) is 9.11. The number of pyridine rings is 1. The van der Waals surface area contributed by atoms with E-state index in [1.807, 2.05) is 30.3 Å². The maximum absolute atomic E-state index is 13.2. The molecule has 0 spiro atoms. The summed E-state index contributed by atoms with van der Waals surface area (Å²) in [6.45, 7) is 1.41. The van der Waals surface area contributed by atoms with Crippen molar-refractivity contribution in [3.8, 4) is 22.8 Å². The summed E-state index contributed by atoms with van der Waals surface area (Å²) in [6.07, 6.45) is 3.72. The lowest BCUT2D eigenvalue weighted by Gasteiger charge is -2.45. The molecule has 2 aliphatic heterocycles. The van der Waals surface area contributed by atoms with Crippen LogP contribution >= 0.6 is 0 Å². The van der Waals surface area contributed by atoms with E-state index in [0.29, 0.717) is 18.5 Å². The standard InChI is InChI=1S/C35H35N5O3/c1-39(21-25-11-13-28(42-2)20-31(25)43-3)27-17-26(18-27)34-38-32(33-35(41)36-15-16-40(33)34)24-10-9-23-12-14-29(37-30(23)19-24)22-7-5-4-6-8-22/h4-15,19-20,26-27,33-34H,16-18,21H2,1-3H3. The quantitative estimate of drug-likeness (QED) is 0.287. The summed E-state index contributed by atoms with van der Waals surface area (Å²) in [4.78, 5) is 32.2. The van der Waals surface area contributed by atoms with Crippen molar-refractivity contribution >= 4 is 28.7 Å². The zero-order valence-corrected chi connectivity index (χ0v) is 24.7. The maximum Gasteiger partial charge on any atom is 0.269 e. The molecule has 1 fully saturated rings. The first-order valence-electron chi connectivity index (χ1n) is 14.8. The molecular formula is C35H35N5O3. The summed E-state index contributed by atoms with van der Waals surface area (Å²) in [5.41, 5.74) is 5.77. The van der Waals surface area contributed by atoms with E-state index in [2.05, 4.69) is 70.4 Å². The van der Waals surface area contributed by atoms with E-state index in [1.54, 1.807) is 20.4 Å². The number of benzene rings is 3. The molecule has 3 aliphatic rings. The highest BCUT2D eigenvalue weighted by molar-refractivity contribution is 6.20. The number of rotatable bonds is 8. The Kier molecular flexibility index (Phi) is 7.24. The van der Waals surface area contributed by atoms with E-state index in [-0.39, 0.29) is 12.1 Å². The minimum atomic E-state index is -0.454. The van der Waals surface area contributed by atoms with E-state index >= 15 is 0 Å². The number of hydrogen-bond donors (Lipinski definition) is 0. The normalized spacial score (nSPS) is 23.3. The van der Waals surface area contributed by atoms with Gasteiger partial charge < -0.3 is 9.47 Å². The van der Waals surface area contributed by atoms with Gasteiger partial charge in [-0.2, -0.15) is 0 Å². The lowest BCUT2D eigenvalue weighted by atomic mass is 9.77. The van der Waals surface area contributed by atoms with Gasteiger partial charge in [0.1, 0.15) is 23.7 Å². The Labute approximate surface area is 251 Å². The minimum absolute atomic E-state index is 0.0461. The Morgan fingerprint density at radius 3 is 2.53 bits per heavy atom. The van der Waals surface area contributed by atoms with Crippen molar-refractivity contribution in [3.63, 3.8) is 0 Å². The molecule has 218 valence electrons. The third kappa shape index (κ3) is 5.11. The van der Waals surface area contributed by atoms with Gasteiger partial charge in [0, 0.05) is 47.9 Å². The number of carbonyl (C=O) groups is 1. The first kappa shape index (κ1) is 27.4. The molecule has 0 bridgehead atoms. The summed E-state index contributed by atoms with van der Waals surface area (Å²) >= 11 is 0. The highest BCUT2D eigenvalue weighted by atomic mass is 16.5. The molecule has 4 aromatic rings. The molecule has 7 rings (SSSR count). The van der Waals surface area contributed by atoms with Gasteiger partial charge in [-0.3, -0.25) is 19.6 Å². The highest BCUT2D eigenvalue weighted by Gasteiger charge is 2.49. The fraction of sp³-hybridized carbons (Fsp3) is 0.314.